The van der Waals surface area contributed by atoms with Crippen LogP contribution < -0.4 is 9.47 Å². The first-order valence-electron chi connectivity index (χ1n) is 11.0. The summed E-state index contributed by atoms with van der Waals surface area (Å²) in [4.78, 5) is 2.38. The molecule has 1 saturated heterocycles. The molecule has 2 aliphatic rings. The number of benzene rings is 2. The Morgan fingerprint density at radius 1 is 1.07 bits per heavy atom. The van der Waals surface area contributed by atoms with Crippen molar-refractivity contribution in [3.05, 3.63) is 59.2 Å². The molecule has 160 valence electrons. The minimum Gasteiger partial charge on any atom is -0.493 e. The van der Waals surface area contributed by atoms with Gasteiger partial charge in [-0.1, -0.05) is 38.1 Å². The molecule has 30 heavy (non-hydrogen) atoms. The first-order chi connectivity index (χ1) is 14.5. The Bertz CT molecular complexity index is 880. The molecule has 0 saturated carbocycles. The summed E-state index contributed by atoms with van der Waals surface area (Å²) >= 11 is 0. The van der Waals surface area contributed by atoms with Crippen molar-refractivity contribution >= 4 is 11.6 Å². The highest BCUT2D eigenvalue weighted by atomic mass is 16.5. The molecule has 1 fully saturated rings. The zero-order valence-electron chi connectivity index (χ0n) is 18.4. The van der Waals surface area contributed by atoms with E-state index in [2.05, 4.69) is 74.2 Å². The van der Waals surface area contributed by atoms with Gasteiger partial charge in [-0.3, -0.25) is 4.90 Å². The number of hydrogen-bond donors (Lipinski definition) is 0. The van der Waals surface area contributed by atoms with Crippen LogP contribution in [0.4, 0.5) is 0 Å². The van der Waals surface area contributed by atoms with Crippen molar-refractivity contribution in [1.82, 2.24) is 4.90 Å². The second-order valence-electron chi connectivity index (χ2n) is 8.89. The average Bonchev–Trinajstić information content (AvgIpc) is 2.75. The van der Waals surface area contributed by atoms with Crippen LogP contribution in [0, 0.1) is 0 Å². The summed E-state index contributed by atoms with van der Waals surface area (Å²) in [6, 6.07) is 14.9. The van der Waals surface area contributed by atoms with Gasteiger partial charge in [-0.15, -0.1) is 0 Å². The Labute approximate surface area is 180 Å². The van der Waals surface area contributed by atoms with E-state index in [-0.39, 0.29) is 5.41 Å². The lowest BCUT2D eigenvalue weighted by atomic mass is 9.79. The summed E-state index contributed by atoms with van der Waals surface area (Å²) in [5.74, 6) is 1.95. The molecule has 0 bridgehead atoms. The predicted molar refractivity (Wildman–Crippen MR) is 122 cm³/mol. The van der Waals surface area contributed by atoms with Crippen LogP contribution in [0.2, 0.25) is 0 Å². The van der Waals surface area contributed by atoms with Crippen LogP contribution >= 0.6 is 0 Å². The van der Waals surface area contributed by atoms with Crippen LogP contribution in [0.5, 0.6) is 11.5 Å². The van der Waals surface area contributed by atoms with Crippen molar-refractivity contribution in [3.63, 3.8) is 0 Å². The minimum atomic E-state index is 0.157. The summed E-state index contributed by atoms with van der Waals surface area (Å²) in [5.41, 5.74) is 5.15. The van der Waals surface area contributed by atoms with Gasteiger partial charge in [0.15, 0.2) is 0 Å². The third-order valence-electron chi connectivity index (χ3n) is 6.19. The van der Waals surface area contributed by atoms with Gasteiger partial charge in [0, 0.05) is 25.2 Å². The lowest BCUT2D eigenvalue weighted by Crippen LogP contribution is -2.38. The smallest absolute Gasteiger partial charge is 0.123 e. The standard InChI is InChI=1S/C26H33NO3/c1-20(22-6-9-25-24(19-22)26(2,3)10-14-30-25)18-21-4-7-23(8-5-21)29-17-13-27-11-15-28-16-12-27/h4-9,18-19H,10-17H2,1-3H3/b20-18+. The maximum absolute atomic E-state index is 5.92. The van der Waals surface area contributed by atoms with E-state index in [4.69, 9.17) is 14.2 Å². The molecule has 0 atom stereocenters. The van der Waals surface area contributed by atoms with Crippen molar-refractivity contribution < 1.29 is 14.2 Å². The fourth-order valence-corrected chi connectivity index (χ4v) is 4.09. The third-order valence-corrected chi connectivity index (χ3v) is 6.19. The van der Waals surface area contributed by atoms with E-state index in [9.17, 15) is 0 Å². The second kappa shape index (κ2) is 9.23. The molecule has 4 rings (SSSR count). The van der Waals surface area contributed by atoms with Crippen molar-refractivity contribution in [2.24, 2.45) is 0 Å². The first kappa shape index (κ1) is 21.0. The number of allylic oxidation sites excluding steroid dienone is 1. The number of nitrogens with zero attached hydrogens (tertiary/aromatic N) is 1. The van der Waals surface area contributed by atoms with Gasteiger partial charge < -0.3 is 14.2 Å². The first-order valence-corrected chi connectivity index (χ1v) is 11.0. The van der Waals surface area contributed by atoms with E-state index in [0.29, 0.717) is 6.61 Å². The number of morpholine rings is 1. The molecule has 4 heteroatoms. The van der Waals surface area contributed by atoms with E-state index in [1.165, 1.54) is 22.3 Å². The van der Waals surface area contributed by atoms with Gasteiger partial charge >= 0.3 is 0 Å². The third kappa shape index (κ3) is 5.05. The molecule has 0 amide bonds. The van der Waals surface area contributed by atoms with Gasteiger partial charge in [0.25, 0.3) is 0 Å². The highest BCUT2D eigenvalue weighted by molar-refractivity contribution is 5.81. The number of hydrogen-bond acceptors (Lipinski definition) is 4. The molecule has 4 nitrogen and oxygen atoms in total. The molecule has 0 N–H and O–H groups in total. The van der Waals surface area contributed by atoms with Crippen LogP contribution in [-0.2, 0) is 10.2 Å². The van der Waals surface area contributed by atoms with Crippen molar-refractivity contribution in [2.45, 2.75) is 32.6 Å². The van der Waals surface area contributed by atoms with E-state index in [1.807, 2.05) is 0 Å². The van der Waals surface area contributed by atoms with Crippen LogP contribution in [0.25, 0.3) is 11.6 Å². The molecule has 0 radical (unpaired) electrons. The van der Waals surface area contributed by atoms with Crippen molar-refractivity contribution in [3.8, 4) is 11.5 Å². The molecule has 0 aliphatic carbocycles. The average molecular weight is 408 g/mol. The molecule has 2 aromatic carbocycles. The highest BCUT2D eigenvalue weighted by Gasteiger charge is 2.28. The highest BCUT2D eigenvalue weighted by Crippen LogP contribution is 2.39. The Morgan fingerprint density at radius 2 is 1.83 bits per heavy atom. The van der Waals surface area contributed by atoms with Gasteiger partial charge in [-0.25, -0.2) is 0 Å². The zero-order valence-corrected chi connectivity index (χ0v) is 18.4. The predicted octanol–water partition coefficient (Wildman–Crippen LogP) is 5.02. The SMILES string of the molecule is C/C(=C\c1ccc(OCCN2CCOCC2)cc1)c1ccc2c(c1)C(C)(C)CCO2. The topological polar surface area (TPSA) is 30.9 Å². The summed E-state index contributed by atoms with van der Waals surface area (Å²) < 4.78 is 17.2. The van der Waals surface area contributed by atoms with Gasteiger partial charge in [0.2, 0.25) is 0 Å². The maximum atomic E-state index is 5.92. The second-order valence-corrected chi connectivity index (χ2v) is 8.89. The molecular weight excluding hydrogens is 374 g/mol. The lowest BCUT2D eigenvalue weighted by molar-refractivity contribution is 0.0322. The molecule has 2 aromatic rings. The van der Waals surface area contributed by atoms with E-state index in [1.54, 1.807) is 0 Å². The zero-order chi connectivity index (χ0) is 21.0. The van der Waals surface area contributed by atoms with E-state index < -0.39 is 0 Å². The largest absolute Gasteiger partial charge is 0.493 e. The van der Waals surface area contributed by atoms with Crippen LogP contribution in [0.3, 0.4) is 0 Å². The minimum absolute atomic E-state index is 0.157. The fraction of sp³-hybridized carbons (Fsp3) is 0.462. The Morgan fingerprint density at radius 3 is 2.60 bits per heavy atom. The number of ether oxygens (including phenoxy) is 3. The van der Waals surface area contributed by atoms with Gasteiger partial charge in [-0.2, -0.15) is 0 Å². The van der Waals surface area contributed by atoms with Gasteiger partial charge in [0.05, 0.1) is 19.8 Å². The molecule has 0 aromatic heterocycles. The van der Waals surface area contributed by atoms with Gasteiger partial charge in [0.1, 0.15) is 18.1 Å². The Kier molecular flexibility index (Phi) is 6.45. The number of fused-ring (bicyclic) bond motifs is 1. The Hall–Kier alpha value is -2.30. The van der Waals surface area contributed by atoms with E-state index >= 15 is 0 Å². The van der Waals surface area contributed by atoms with Crippen LogP contribution in [0.1, 0.15) is 43.9 Å². The summed E-state index contributed by atoms with van der Waals surface area (Å²) in [7, 11) is 0. The normalized spacial score (nSPS) is 19.1. The van der Waals surface area contributed by atoms with Crippen LogP contribution in [0.15, 0.2) is 42.5 Å². The molecule has 2 heterocycles. The molecule has 2 aliphatic heterocycles. The van der Waals surface area contributed by atoms with Crippen molar-refractivity contribution in [1.29, 1.82) is 0 Å². The fourth-order valence-electron chi connectivity index (χ4n) is 4.09. The Balaban J connectivity index is 1.38. The summed E-state index contributed by atoms with van der Waals surface area (Å²) in [5, 5.41) is 0. The lowest BCUT2D eigenvalue weighted by Gasteiger charge is -2.32. The summed E-state index contributed by atoms with van der Waals surface area (Å²) in [6.45, 7) is 12.9. The monoisotopic (exact) mass is 407 g/mol. The van der Waals surface area contributed by atoms with Gasteiger partial charge in [-0.05, 0) is 59.7 Å². The quantitative estimate of drug-likeness (QED) is 0.629. The van der Waals surface area contributed by atoms with Crippen molar-refractivity contribution in [2.75, 3.05) is 46.1 Å². The molecule has 0 unspecified atom stereocenters. The summed E-state index contributed by atoms with van der Waals surface area (Å²) in [6.07, 6.45) is 3.29. The maximum Gasteiger partial charge on any atom is 0.123 e. The molecule has 0 spiro atoms. The van der Waals surface area contributed by atoms with E-state index in [0.717, 1.165) is 57.4 Å². The van der Waals surface area contributed by atoms with Crippen LogP contribution in [-0.4, -0.2) is 51.0 Å². The number of rotatable bonds is 6. The molecular formula is C26H33NO3.